The first-order valence-electron chi connectivity index (χ1n) is 17.4. The van der Waals surface area contributed by atoms with Crippen LogP contribution < -0.4 is 4.90 Å². The van der Waals surface area contributed by atoms with Gasteiger partial charge in [0.25, 0.3) is 0 Å². The summed E-state index contributed by atoms with van der Waals surface area (Å²) < 4.78 is 0. The zero-order valence-electron chi connectivity index (χ0n) is 28.0. The second-order valence-electron chi connectivity index (χ2n) is 12.9. The Labute approximate surface area is 306 Å². The Hall–Kier alpha value is -6.56. The van der Waals surface area contributed by atoms with Crippen LogP contribution in [0.5, 0.6) is 0 Å². The van der Waals surface area contributed by atoms with Crippen molar-refractivity contribution in [2.45, 2.75) is 9.79 Å². The van der Waals surface area contributed by atoms with Gasteiger partial charge in [-0.15, -0.1) is 0 Å². The Morgan fingerprint density at radius 2 is 1.02 bits per heavy atom. The van der Waals surface area contributed by atoms with E-state index in [0.29, 0.717) is 17.5 Å². The highest BCUT2D eigenvalue weighted by molar-refractivity contribution is 7.99. The van der Waals surface area contributed by atoms with E-state index >= 15 is 0 Å². The molecule has 0 aliphatic carbocycles. The smallest absolute Gasteiger partial charge is 0.164 e. The van der Waals surface area contributed by atoms with Crippen molar-refractivity contribution in [3.8, 4) is 45.3 Å². The van der Waals surface area contributed by atoms with Crippen LogP contribution in [0.15, 0.2) is 192 Å². The summed E-state index contributed by atoms with van der Waals surface area (Å²) >= 11 is 1.81. The summed E-state index contributed by atoms with van der Waals surface area (Å²) in [5, 5.41) is 4.93. The van der Waals surface area contributed by atoms with Crippen molar-refractivity contribution in [1.29, 1.82) is 0 Å². The van der Waals surface area contributed by atoms with E-state index in [1.807, 2.05) is 72.4 Å². The van der Waals surface area contributed by atoms with Crippen molar-refractivity contribution in [1.82, 2.24) is 15.0 Å². The summed E-state index contributed by atoms with van der Waals surface area (Å²) in [6.07, 6.45) is 0. The number of benzene rings is 8. The summed E-state index contributed by atoms with van der Waals surface area (Å²) in [6, 6.07) is 64.0. The first-order chi connectivity index (χ1) is 25.8. The van der Waals surface area contributed by atoms with Gasteiger partial charge in [-0.25, -0.2) is 15.0 Å². The molecule has 2 heterocycles. The van der Waals surface area contributed by atoms with Gasteiger partial charge >= 0.3 is 0 Å². The van der Waals surface area contributed by atoms with Gasteiger partial charge in [-0.05, 0) is 64.4 Å². The fourth-order valence-electron chi connectivity index (χ4n) is 7.21. The second kappa shape index (κ2) is 12.6. The average molecular weight is 683 g/mol. The van der Waals surface area contributed by atoms with Gasteiger partial charge < -0.3 is 4.90 Å². The lowest BCUT2D eigenvalue weighted by Crippen LogP contribution is -2.11. The van der Waals surface area contributed by atoms with Gasteiger partial charge in [-0.1, -0.05) is 151 Å². The summed E-state index contributed by atoms with van der Waals surface area (Å²) in [6.45, 7) is 0. The molecule has 9 aromatic rings. The Kier molecular flexibility index (Phi) is 7.36. The van der Waals surface area contributed by atoms with Gasteiger partial charge in [0, 0.05) is 48.6 Å². The van der Waals surface area contributed by atoms with E-state index in [1.54, 1.807) is 0 Å². The molecule has 52 heavy (non-hydrogen) atoms. The number of aromatic nitrogens is 3. The fourth-order valence-corrected chi connectivity index (χ4v) is 8.38. The van der Waals surface area contributed by atoms with Crippen LogP contribution in [0.2, 0.25) is 0 Å². The molecule has 0 radical (unpaired) electrons. The molecule has 1 aliphatic rings. The van der Waals surface area contributed by atoms with E-state index in [4.69, 9.17) is 15.0 Å². The Morgan fingerprint density at radius 3 is 1.73 bits per heavy atom. The van der Waals surface area contributed by atoms with E-state index in [1.165, 1.54) is 42.5 Å². The summed E-state index contributed by atoms with van der Waals surface area (Å²) in [7, 11) is 0. The van der Waals surface area contributed by atoms with Crippen LogP contribution in [-0.2, 0) is 0 Å². The number of nitrogens with zero attached hydrogens (tertiary/aromatic N) is 4. The van der Waals surface area contributed by atoms with E-state index in [-0.39, 0.29) is 0 Å². The molecule has 1 aromatic heterocycles. The summed E-state index contributed by atoms with van der Waals surface area (Å²) in [5.41, 5.74) is 8.71. The van der Waals surface area contributed by atoms with Crippen LogP contribution in [0.4, 0.5) is 17.1 Å². The van der Waals surface area contributed by atoms with Crippen molar-refractivity contribution >= 4 is 50.4 Å². The molecule has 0 saturated carbocycles. The highest BCUT2D eigenvalue weighted by atomic mass is 32.2. The molecule has 0 bridgehead atoms. The first-order valence-corrected chi connectivity index (χ1v) is 18.2. The quantitative estimate of drug-likeness (QED) is 0.175. The minimum Gasteiger partial charge on any atom is -0.310 e. The molecule has 4 nitrogen and oxygen atoms in total. The number of hydrogen-bond donors (Lipinski definition) is 0. The molecule has 244 valence electrons. The van der Waals surface area contributed by atoms with Crippen molar-refractivity contribution in [2.75, 3.05) is 4.90 Å². The van der Waals surface area contributed by atoms with Crippen molar-refractivity contribution < 1.29 is 0 Å². The van der Waals surface area contributed by atoms with Gasteiger partial charge in [-0.2, -0.15) is 0 Å². The molecule has 1 aliphatic heterocycles. The standard InChI is InChI=1S/C47H30N4S/c1-4-14-32(15-5-1)45-48-46(33-16-6-2-7-17-33)50-47(49-45)35-24-26-38-39-21-12-22-40-41(27-28-42(44(39)40)52-43(38)30-35)51(36-19-8-3-9-20-36)37-25-23-31-13-10-11-18-34(31)29-37/h1-30H. The molecule has 8 aromatic carbocycles. The Balaban J connectivity index is 1.10. The molecule has 0 spiro atoms. The van der Waals surface area contributed by atoms with E-state index < -0.39 is 0 Å². The summed E-state index contributed by atoms with van der Waals surface area (Å²) in [4.78, 5) is 19.7. The third-order valence-corrected chi connectivity index (χ3v) is 10.8. The molecule has 0 amide bonds. The molecule has 0 atom stereocenters. The predicted octanol–water partition coefficient (Wildman–Crippen LogP) is 12.8. The van der Waals surface area contributed by atoms with Gasteiger partial charge in [0.1, 0.15) is 0 Å². The molecule has 0 unspecified atom stereocenters. The van der Waals surface area contributed by atoms with Crippen LogP contribution in [-0.4, -0.2) is 15.0 Å². The van der Waals surface area contributed by atoms with Crippen molar-refractivity contribution in [3.05, 3.63) is 182 Å². The molecule has 0 saturated heterocycles. The highest BCUT2D eigenvalue weighted by Gasteiger charge is 2.24. The predicted molar refractivity (Wildman–Crippen MR) is 215 cm³/mol. The molecular weight excluding hydrogens is 653 g/mol. The number of para-hydroxylation sites is 1. The van der Waals surface area contributed by atoms with Crippen molar-refractivity contribution in [3.63, 3.8) is 0 Å². The first kappa shape index (κ1) is 30.3. The second-order valence-corrected chi connectivity index (χ2v) is 13.9. The maximum Gasteiger partial charge on any atom is 0.164 e. The SMILES string of the molecule is c1ccc(-c2nc(-c3ccccc3)nc(-c3ccc4c(c3)Sc3ccc(N(c5ccccc5)c5ccc6ccccc6c5)c5cccc-4c35)n2)cc1. The fraction of sp³-hybridized carbons (Fsp3) is 0. The molecule has 0 fully saturated rings. The monoisotopic (exact) mass is 682 g/mol. The lowest BCUT2D eigenvalue weighted by Gasteiger charge is -2.29. The lowest BCUT2D eigenvalue weighted by molar-refractivity contribution is 1.07. The van der Waals surface area contributed by atoms with E-state index in [2.05, 4.69) is 126 Å². The average Bonchev–Trinajstić information content (AvgIpc) is 3.22. The largest absolute Gasteiger partial charge is 0.310 e. The Bertz CT molecular complexity index is 2710. The van der Waals surface area contributed by atoms with Gasteiger partial charge in [-0.3, -0.25) is 0 Å². The van der Waals surface area contributed by atoms with Crippen LogP contribution in [0.1, 0.15) is 0 Å². The van der Waals surface area contributed by atoms with E-state index in [9.17, 15) is 0 Å². The lowest BCUT2D eigenvalue weighted by atomic mass is 9.95. The Morgan fingerprint density at radius 1 is 0.385 bits per heavy atom. The van der Waals surface area contributed by atoms with Crippen molar-refractivity contribution in [2.24, 2.45) is 0 Å². The maximum absolute atomic E-state index is 5.00. The number of fused-ring (bicyclic) bond motifs is 3. The van der Waals surface area contributed by atoms with Gasteiger partial charge in [0.2, 0.25) is 0 Å². The van der Waals surface area contributed by atoms with Gasteiger partial charge in [0.05, 0.1) is 5.69 Å². The maximum atomic E-state index is 5.00. The third-order valence-electron chi connectivity index (χ3n) is 9.68. The third kappa shape index (κ3) is 5.31. The van der Waals surface area contributed by atoms with E-state index in [0.717, 1.165) is 33.8 Å². The molecular formula is C47H30N4S. The highest BCUT2D eigenvalue weighted by Crippen LogP contribution is 2.52. The normalized spacial score (nSPS) is 11.8. The van der Waals surface area contributed by atoms with Gasteiger partial charge in [0.15, 0.2) is 17.5 Å². The topological polar surface area (TPSA) is 41.9 Å². The molecule has 5 heteroatoms. The minimum absolute atomic E-state index is 0.657. The number of anilines is 3. The molecule has 10 rings (SSSR count). The number of hydrogen-bond acceptors (Lipinski definition) is 5. The minimum atomic E-state index is 0.657. The van der Waals surface area contributed by atoms with Crippen LogP contribution >= 0.6 is 11.8 Å². The summed E-state index contributed by atoms with van der Waals surface area (Å²) in [5.74, 6) is 1.98. The van der Waals surface area contributed by atoms with Crippen LogP contribution in [0.3, 0.4) is 0 Å². The number of rotatable bonds is 6. The van der Waals surface area contributed by atoms with Crippen LogP contribution in [0, 0.1) is 0 Å². The van der Waals surface area contributed by atoms with Crippen LogP contribution in [0.25, 0.3) is 66.8 Å². The molecule has 0 N–H and O–H groups in total. The zero-order chi connectivity index (χ0) is 34.4. The zero-order valence-corrected chi connectivity index (χ0v) is 28.8.